The molecule has 0 fully saturated rings. The minimum atomic E-state index is -0.551. The van der Waals surface area contributed by atoms with Gasteiger partial charge in [0.25, 0.3) is 5.69 Å². The Labute approximate surface area is 195 Å². The second-order valence-electron chi connectivity index (χ2n) is 7.03. The number of hydrogen-bond acceptors (Lipinski definition) is 7. The molecule has 10 nitrogen and oxygen atoms in total. The molecule has 0 bridgehead atoms. The number of nitrogens with one attached hydrogen (secondary N) is 2. The van der Waals surface area contributed by atoms with Crippen LogP contribution in [0.25, 0.3) is 0 Å². The van der Waals surface area contributed by atoms with E-state index >= 15 is 0 Å². The van der Waals surface area contributed by atoms with Crippen LogP contribution in [-0.2, 0) is 16.2 Å². The normalized spacial score (nSPS) is 10.5. The number of non-ortho nitro benzene ring substituents is 1. The van der Waals surface area contributed by atoms with E-state index in [4.69, 9.17) is 9.47 Å². The van der Waals surface area contributed by atoms with E-state index < -0.39 is 16.7 Å². The summed E-state index contributed by atoms with van der Waals surface area (Å²) in [5, 5.41) is 17.2. The van der Waals surface area contributed by atoms with Crippen LogP contribution < -0.4 is 20.2 Å². The lowest BCUT2D eigenvalue weighted by atomic mass is 10.2. The van der Waals surface area contributed by atoms with Crippen LogP contribution in [0.15, 0.2) is 77.9 Å². The van der Waals surface area contributed by atoms with E-state index in [0.29, 0.717) is 22.7 Å². The van der Waals surface area contributed by atoms with Crippen molar-refractivity contribution in [3.8, 4) is 11.5 Å². The fourth-order valence-electron chi connectivity index (χ4n) is 2.77. The van der Waals surface area contributed by atoms with Gasteiger partial charge in [-0.3, -0.25) is 19.7 Å². The van der Waals surface area contributed by atoms with Crippen molar-refractivity contribution in [3.05, 3.63) is 94.0 Å². The highest BCUT2D eigenvalue weighted by Crippen LogP contribution is 2.17. The number of hydrazone groups is 1. The van der Waals surface area contributed by atoms with E-state index in [1.807, 2.05) is 0 Å². The lowest BCUT2D eigenvalue weighted by Gasteiger charge is -2.06. The molecule has 0 atom stereocenters. The zero-order valence-electron chi connectivity index (χ0n) is 18.3. The van der Waals surface area contributed by atoms with Crippen LogP contribution in [0.3, 0.4) is 0 Å². The molecule has 0 saturated carbocycles. The molecule has 0 radical (unpaired) electrons. The molecule has 174 valence electrons. The molecular formula is C24H22N4O6. The number of nitrogens with zero attached hydrogens (tertiary/aromatic N) is 2. The number of rotatable bonds is 10. The third kappa shape index (κ3) is 7.45. The van der Waals surface area contributed by atoms with Crippen molar-refractivity contribution in [1.29, 1.82) is 0 Å². The Bertz CT molecular complexity index is 1160. The summed E-state index contributed by atoms with van der Waals surface area (Å²) < 4.78 is 10.7. The molecule has 0 aromatic heterocycles. The molecule has 3 rings (SSSR count). The van der Waals surface area contributed by atoms with Gasteiger partial charge in [0.1, 0.15) is 24.5 Å². The predicted molar refractivity (Wildman–Crippen MR) is 126 cm³/mol. The summed E-state index contributed by atoms with van der Waals surface area (Å²) in [5.74, 6) is 0.251. The molecule has 0 aliphatic carbocycles. The first-order valence-corrected chi connectivity index (χ1v) is 10.1. The Morgan fingerprint density at radius 2 is 1.59 bits per heavy atom. The lowest BCUT2D eigenvalue weighted by Crippen LogP contribution is -2.24. The predicted octanol–water partition coefficient (Wildman–Crippen LogP) is 3.66. The van der Waals surface area contributed by atoms with Crippen LogP contribution in [0.2, 0.25) is 0 Å². The van der Waals surface area contributed by atoms with Crippen LogP contribution >= 0.6 is 0 Å². The van der Waals surface area contributed by atoms with Crippen LogP contribution in [0.1, 0.15) is 17.5 Å². The Balaban J connectivity index is 1.41. The number of anilines is 1. The molecule has 2 amide bonds. The highest BCUT2D eigenvalue weighted by atomic mass is 16.6. The van der Waals surface area contributed by atoms with E-state index in [2.05, 4.69) is 15.8 Å². The zero-order valence-corrected chi connectivity index (χ0v) is 18.3. The zero-order chi connectivity index (χ0) is 24.3. The molecule has 0 aliphatic rings. The first-order valence-electron chi connectivity index (χ1n) is 10.1. The summed E-state index contributed by atoms with van der Waals surface area (Å²) in [5.41, 5.74) is 4.40. The van der Waals surface area contributed by atoms with Crippen molar-refractivity contribution in [3.63, 3.8) is 0 Å². The largest absolute Gasteiger partial charge is 0.497 e. The fourth-order valence-corrected chi connectivity index (χ4v) is 2.77. The number of nitro benzene ring substituents is 1. The van der Waals surface area contributed by atoms with Gasteiger partial charge in [-0.05, 0) is 71.8 Å². The summed E-state index contributed by atoms with van der Waals surface area (Å²) in [7, 11) is 1.55. The molecular weight excluding hydrogens is 440 g/mol. The van der Waals surface area contributed by atoms with E-state index in [-0.39, 0.29) is 18.7 Å². The third-order valence-corrected chi connectivity index (χ3v) is 4.53. The standard InChI is InChI=1S/C24H22N4O6/c1-33-21-12-6-19(7-13-21)26-23(29)14-24(30)27-25-15-17-4-10-22(11-5-17)34-16-18-2-8-20(9-3-18)28(31)32/h2-13,15H,14,16H2,1H3,(H,26,29)(H,27,30). The average molecular weight is 462 g/mol. The van der Waals surface area contributed by atoms with Crippen molar-refractivity contribution in [2.75, 3.05) is 12.4 Å². The quantitative estimate of drug-likeness (QED) is 0.205. The van der Waals surface area contributed by atoms with Gasteiger partial charge in [0.2, 0.25) is 11.8 Å². The first kappa shape index (κ1) is 23.9. The Kier molecular flexibility index (Phi) is 8.28. The van der Waals surface area contributed by atoms with Gasteiger partial charge < -0.3 is 14.8 Å². The third-order valence-electron chi connectivity index (χ3n) is 4.53. The minimum absolute atomic E-state index is 0.0253. The Morgan fingerprint density at radius 3 is 2.21 bits per heavy atom. The molecule has 10 heteroatoms. The van der Waals surface area contributed by atoms with E-state index in [9.17, 15) is 19.7 Å². The number of benzene rings is 3. The van der Waals surface area contributed by atoms with Crippen molar-refractivity contribution >= 4 is 29.4 Å². The van der Waals surface area contributed by atoms with Crippen LogP contribution in [0, 0.1) is 10.1 Å². The molecule has 0 spiro atoms. The van der Waals surface area contributed by atoms with E-state index in [1.54, 1.807) is 67.8 Å². The summed E-state index contributed by atoms with van der Waals surface area (Å²) in [6.07, 6.45) is 1.07. The van der Waals surface area contributed by atoms with Gasteiger partial charge in [-0.1, -0.05) is 0 Å². The lowest BCUT2D eigenvalue weighted by molar-refractivity contribution is -0.384. The van der Waals surface area contributed by atoms with E-state index in [0.717, 1.165) is 5.56 Å². The highest BCUT2D eigenvalue weighted by Gasteiger charge is 2.09. The van der Waals surface area contributed by atoms with Gasteiger partial charge in [-0.15, -0.1) is 0 Å². The van der Waals surface area contributed by atoms with Crippen molar-refractivity contribution < 1.29 is 24.0 Å². The molecule has 0 unspecified atom stereocenters. The highest BCUT2D eigenvalue weighted by molar-refractivity contribution is 6.03. The number of carbonyl (C=O) groups is 2. The molecule has 0 aliphatic heterocycles. The molecule has 3 aromatic carbocycles. The first-order chi connectivity index (χ1) is 16.4. The van der Waals surface area contributed by atoms with E-state index in [1.165, 1.54) is 18.3 Å². The second-order valence-corrected chi connectivity index (χ2v) is 7.03. The second kappa shape index (κ2) is 11.8. The topological polar surface area (TPSA) is 132 Å². The number of nitro groups is 1. The molecule has 0 heterocycles. The van der Waals surface area contributed by atoms with Crippen LogP contribution in [0.4, 0.5) is 11.4 Å². The monoisotopic (exact) mass is 462 g/mol. The van der Waals surface area contributed by atoms with Gasteiger partial charge in [0.05, 0.1) is 18.2 Å². The van der Waals surface area contributed by atoms with Gasteiger partial charge in [-0.2, -0.15) is 5.10 Å². The fraction of sp³-hybridized carbons (Fsp3) is 0.125. The number of hydrogen-bond donors (Lipinski definition) is 2. The van der Waals surface area contributed by atoms with Crippen molar-refractivity contribution in [1.82, 2.24) is 5.43 Å². The number of ether oxygens (including phenoxy) is 2. The van der Waals surface area contributed by atoms with Gasteiger partial charge in [-0.25, -0.2) is 5.43 Å². The Morgan fingerprint density at radius 1 is 0.941 bits per heavy atom. The number of carbonyl (C=O) groups excluding carboxylic acids is 2. The molecule has 3 aromatic rings. The summed E-state index contributed by atoms with van der Waals surface area (Å²) in [6.45, 7) is 0.264. The maximum absolute atomic E-state index is 12.0. The summed E-state index contributed by atoms with van der Waals surface area (Å²) in [4.78, 5) is 34.1. The number of amides is 2. The average Bonchev–Trinajstić information content (AvgIpc) is 2.84. The maximum Gasteiger partial charge on any atom is 0.269 e. The minimum Gasteiger partial charge on any atom is -0.497 e. The molecule has 0 saturated heterocycles. The number of methoxy groups -OCH3 is 1. The van der Waals surface area contributed by atoms with Gasteiger partial charge >= 0.3 is 0 Å². The van der Waals surface area contributed by atoms with Crippen molar-refractivity contribution in [2.45, 2.75) is 13.0 Å². The Hall–Kier alpha value is -4.73. The molecule has 2 N–H and O–H groups in total. The summed E-state index contributed by atoms with van der Waals surface area (Å²) in [6, 6.07) is 19.8. The van der Waals surface area contributed by atoms with Gasteiger partial charge in [0, 0.05) is 17.8 Å². The molecule has 34 heavy (non-hydrogen) atoms. The smallest absolute Gasteiger partial charge is 0.269 e. The SMILES string of the molecule is COc1ccc(NC(=O)CC(=O)NN=Cc2ccc(OCc3ccc([N+](=O)[O-])cc3)cc2)cc1. The summed E-state index contributed by atoms with van der Waals surface area (Å²) >= 11 is 0. The van der Waals surface area contributed by atoms with Gasteiger partial charge in [0.15, 0.2) is 0 Å². The van der Waals surface area contributed by atoms with Crippen molar-refractivity contribution in [2.24, 2.45) is 5.10 Å². The maximum atomic E-state index is 12.0. The van der Waals surface area contributed by atoms with Crippen LogP contribution in [-0.4, -0.2) is 30.1 Å². The van der Waals surface area contributed by atoms with Crippen LogP contribution in [0.5, 0.6) is 11.5 Å².